The van der Waals surface area contributed by atoms with E-state index in [4.69, 9.17) is 5.26 Å². The van der Waals surface area contributed by atoms with E-state index in [1.165, 1.54) is 5.56 Å². The standard InChI is InChI=1S/C12H14N2O/c1-10-2-4-11(5-3-10)6-7-12(15)14-9-8-13/h2-5H,6-7,9H2,1H3,(H,14,15). The molecule has 1 aromatic rings. The molecule has 0 heterocycles. The van der Waals surface area contributed by atoms with Crippen LogP contribution in [-0.4, -0.2) is 12.5 Å². The molecule has 78 valence electrons. The highest BCUT2D eigenvalue weighted by atomic mass is 16.1. The fourth-order valence-corrected chi connectivity index (χ4v) is 1.24. The van der Waals surface area contributed by atoms with E-state index in [1.807, 2.05) is 37.3 Å². The lowest BCUT2D eigenvalue weighted by molar-refractivity contribution is -0.120. The maximum Gasteiger partial charge on any atom is 0.221 e. The van der Waals surface area contributed by atoms with Crippen molar-refractivity contribution in [1.29, 1.82) is 5.26 Å². The molecule has 15 heavy (non-hydrogen) atoms. The number of nitrogens with one attached hydrogen (secondary N) is 1. The third kappa shape index (κ3) is 4.28. The number of carbonyl (C=O) groups excluding carboxylic acids is 1. The molecule has 1 aromatic carbocycles. The first-order chi connectivity index (χ1) is 7.22. The highest BCUT2D eigenvalue weighted by molar-refractivity contribution is 5.76. The predicted octanol–water partition coefficient (Wildman–Crippen LogP) is 1.57. The summed E-state index contributed by atoms with van der Waals surface area (Å²) in [6.07, 6.45) is 1.16. The van der Waals surface area contributed by atoms with Crippen molar-refractivity contribution in [1.82, 2.24) is 5.32 Å². The lowest BCUT2D eigenvalue weighted by atomic mass is 10.1. The molecular formula is C12H14N2O. The Kier molecular flexibility index (Phi) is 4.36. The van der Waals surface area contributed by atoms with Gasteiger partial charge in [0.05, 0.1) is 6.07 Å². The van der Waals surface area contributed by atoms with E-state index < -0.39 is 0 Å². The predicted molar refractivity (Wildman–Crippen MR) is 58.1 cm³/mol. The Morgan fingerprint density at radius 2 is 2.07 bits per heavy atom. The van der Waals surface area contributed by atoms with E-state index in [1.54, 1.807) is 0 Å². The van der Waals surface area contributed by atoms with Gasteiger partial charge in [-0.3, -0.25) is 4.79 Å². The van der Waals surface area contributed by atoms with Crippen LogP contribution in [-0.2, 0) is 11.2 Å². The average molecular weight is 202 g/mol. The summed E-state index contributed by atoms with van der Waals surface area (Å²) in [5, 5.41) is 10.8. The van der Waals surface area contributed by atoms with E-state index in [9.17, 15) is 4.79 Å². The van der Waals surface area contributed by atoms with Gasteiger partial charge in [-0.1, -0.05) is 29.8 Å². The molecule has 0 unspecified atom stereocenters. The molecule has 1 amide bonds. The van der Waals surface area contributed by atoms with Gasteiger partial charge in [-0.25, -0.2) is 0 Å². The summed E-state index contributed by atoms with van der Waals surface area (Å²) in [6, 6.07) is 9.97. The quantitative estimate of drug-likeness (QED) is 0.753. The molecule has 0 radical (unpaired) electrons. The van der Waals surface area contributed by atoms with Crippen LogP contribution in [0.4, 0.5) is 0 Å². The van der Waals surface area contributed by atoms with E-state index in [0.717, 1.165) is 12.0 Å². The molecule has 3 heteroatoms. The smallest absolute Gasteiger partial charge is 0.221 e. The Morgan fingerprint density at radius 3 is 2.67 bits per heavy atom. The molecule has 0 saturated carbocycles. The number of hydrogen-bond donors (Lipinski definition) is 1. The molecule has 0 atom stereocenters. The van der Waals surface area contributed by atoms with Crippen molar-refractivity contribution in [3.63, 3.8) is 0 Å². The lowest BCUT2D eigenvalue weighted by Crippen LogP contribution is -2.23. The van der Waals surface area contributed by atoms with Crippen LogP contribution < -0.4 is 5.32 Å². The van der Waals surface area contributed by atoms with Crippen LogP contribution >= 0.6 is 0 Å². The second kappa shape index (κ2) is 5.82. The van der Waals surface area contributed by atoms with E-state index >= 15 is 0 Å². The first-order valence-corrected chi connectivity index (χ1v) is 4.91. The van der Waals surface area contributed by atoms with Crippen LogP contribution in [0, 0.1) is 18.3 Å². The van der Waals surface area contributed by atoms with Gasteiger partial charge in [0.15, 0.2) is 0 Å². The van der Waals surface area contributed by atoms with Gasteiger partial charge in [-0.15, -0.1) is 0 Å². The van der Waals surface area contributed by atoms with Crippen molar-refractivity contribution >= 4 is 5.91 Å². The molecular weight excluding hydrogens is 188 g/mol. The van der Waals surface area contributed by atoms with Crippen LogP contribution in [0.25, 0.3) is 0 Å². The summed E-state index contributed by atoms with van der Waals surface area (Å²) in [5.41, 5.74) is 2.36. The van der Waals surface area contributed by atoms with Crippen molar-refractivity contribution in [3.05, 3.63) is 35.4 Å². The van der Waals surface area contributed by atoms with Crippen molar-refractivity contribution in [2.45, 2.75) is 19.8 Å². The largest absolute Gasteiger partial charge is 0.343 e. The topological polar surface area (TPSA) is 52.9 Å². The zero-order chi connectivity index (χ0) is 11.1. The van der Waals surface area contributed by atoms with Gasteiger partial charge in [0.1, 0.15) is 6.54 Å². The molecule has 0 fully saturated rings. The number of nitriles is 1. The zero-order valence-electron chi connectivity index (χ0n) is 8.79. The van der Waals surface area contributed by atoms with Crippen LogP contribution in [0.1, 0.15) is 17.5 Å². The maximum absolute atomic E-state index is 11.2. The molecule has 0 bridgehead atoms. The van der Waals surface area contributed by atoms with Crippen LogP contribution in [0.2, 0.25) is 0 Å². The van der Waals surface area contributed by atoms with Gasteiger partial charge in [-0.2, -0.15) is 5.26 Å². The first-order valence-electron chi connectivity index (χ1n) is 4.91. The maximum atomic E-state index is 11.2. The Labute approximate surface area is 89.7 Å². The third-order valence-corrected chi connectivity index (χ3v) is 2.13. The first kappa shape index (κ1) is 11.3. The Balaban J connectivity index is 2.34. The fraction of sp³-hybridized carbons (Fsp3) is 0.333. The molecule has 0 aromatic heterocycles. The number of amides is 1. The van der Waals surface area contributed by atoms with E-state index in [0.29, 0.717) is 6.42 Å². The molecule has 0 aliphatic rings. The number of aryl methyl sites for hydroxylation is 2. The Bertz CT molecular complexity index is 362. The molecule has 1 N–H and O–H groups in total. The van der Waals surface area contributed by atoms with Crippen molar-refractivity contribution in [2.24, 2.45) is 0 Å². The second-order valence-electron chi connectivity index (χ2n) is 3.42. The highest BCUT2D eigenvalue weighted by Crippen LogP contribution is 2.05. The monoisotopic (exact) mass is 202 g/mol. The normalized spacial score (nSPS) is 9.33. The lowest BCUT2D eigenvalue weighted by Gasteiger charge is -2.02. The van der Waals surface area contributed by atoms with E-state index in [-0.39, 0.29) is 12.5 Å². The molecule has 3 nitrogen and oxygen atoms in total. The van der Waals surface area contributed by atoms with Gasteiger partial charge in [0, 0.05) is 6.42 Å². The van der Waals surface area contributed by atoms with Gasteiger partial charge in [0.2, 0.25) is 5.91 Å². The summed E-state index contributed by atoms with van der Waals surface area (Å²) in [4.78, 5) is 11.2. The second-order valence-corrected chi connectivity index (χ2v) is 3.42. The number of benzene rings is 1. The molecule has 0 aliphatic heterocycles. The summed E-state index contributed by atoms with van der Waals surface area (Å²) in [5.74, 6) is -0.0721. The summed E-state index contributed by atoms with van der Waals surface area (Å²) in [7, 11) is 0. The Morgan fingerprint density at radius 1 is 1.40 bits per heavy atom. The van der Waals surface area contributed by atoms with Crippen LogP contribution in [0.15, 0.2) is 24.3 Å². The Hall–Kier alpha value is -1.82. The molecule has 0 spiro atoms. The third-order valence-electron chi connectivity index (χ3n) is 2.13. The average Bonchev–Trinajstić information content (AvgIpc) is 2.25. The SMILES string of the molecule is Cc1ccc(CCC(=O)NCC#N)cc1. The van der Waals surface area contributed by atoms with Crippen molar-refractivity contribution < 1.29 is 4.79 Å². The minimum absolute atomic E-state index is 0.0721. The zero-order valence-corrected chi connectivity index (χ0v) is 8.79. The number of carbonyl (C=O) groups is 1. The van der Waals surface area contributed by atoms with Gasteiger partial charge in [0.25, 0.3) is 0 Å². The van der Waals surface area contributed by atoms with Crippen molar-refractivity contribution in [2.75, 3.05) is 6.54 Å². The highest BCUT2D eigenvalue weighted by Gasteiger charge is 2.00. The fourth-order valence-electron chi connectivity index (χ4n) is 1.24. The van der Waals surface area contributed by atoms with Gasteiger partial charge >= 0.3 is 0 Å². The molecule has 0 saturated heterocycles. The van der Waals surface area contributed by atoms with Gasteiger partial charge < -0.3 is 5.32 Å². The summed E-state index contributed by atoms with van der Waals surface area (Å²) >= 11 is 0. The van der Waals surface area contributed by atoms with Crippen molar-refractivity contribution in [3.8, 4) is 6.07 Å². The number of hydrogen-bond acceptors (Lipinski definition) is 2. The summed E-state index contributed by atoms with van der Waals surface area (Å²) < 4.78 is 0. The minimum atomic E-state index is -0.0721. The number of rotatable bonds is 4. The van der Waals surface area contributed by atoms with Crippen LogP contribution in [0.5, 0.6) is 0 Å². The minimum Gasteiger partial charge on any atom is -0.343 e. The molecule has 0 aliphatic carbocycles. The summed E-state index contributed by atoms with van der Waals surface area (Å²) in [6.45, 7) is 2.12. The number of nitrogens with zero attached hydrogens (tertiary/aromatic N) is 1. The van der Waals surface area contributed by atoms with Gasteiger partial charge in [-0.05, 0) is 18.9 Å². The van der Waals surface area contributed by atoms with E-state index in [2.05, 4.69) is 5.32 Å². The molecule has 1 rings (SSSR count). The van der Waals surface area contributed by atoms with Crippen LogP contribution in [0.3, 0.4) is 0 Å².